The average molecular weight is 269 g/mol. The quantitative estimate of drug-likeness (QED) is 0.665. The topological polar surface area (TPSA) is 54.5 Å². The van der Waals surface area contributed by atoms with Crippen LogP contribution in [0.15, 0.2) is 41.3 Å². The minimum absolute atomic E-state index is 0.0145. The normalized spacial score (nSPS) is 17.0. The molecule has 0 radical (unpaired) electrons. The van der Waals surface area contributed by atoms with E-state index >= 15 is 0 Å². The molecule has 0 unspecified atom stereocenters. The maximum absolute atomic E-state index is 12.1. The summed E-state index contributed by atoms with van der Waals surface area (Å²) < 4.78 is 25.0. The van der Waals surface area contributed by atoms with Crippen LogP contribution < -0.4 is 0 Å². The number of carbonyl (C=O) groups is 1. The summed E-state index contributed by atoms with van der Waals surface area (Å²) in [4.78, 5) is 12.0. The van der Waals surface area contributed by atoms with Crippen molar-refractivity contribution in [2.24, 2.45) is 0 Å². The molecule has 2 rings (SSSR count). The van der Waals surface area contributed by atoms with Gasteiger partial charge in [-0.15, -0.1) is 0 Å². The van der Waals surface area contributed by atoms with E-state index in [0.29, 0.717) is 11.3 Å². The van der Waals surface area contributed by atoms with Crippen molar-refractivity contribution in [3.63, 3.8) is 0 Å². The Morgan fingerprint density at radius 2 is 2.00 bits per heavy atom. The van der Waals surface area contributed by atoms with Crippen LogP contribution in [0.1, 0.15) is 10.4 Å². The molecule has 0 N–H and O–H groups in total. The Bertz CT molecular complexity index is 592. The van der Waals surface area contributed by atoms with Gasteiger partial charge in [-0.1, -0.05) is 18.7 Å². The molecule has 0 fully saturated rings. The maximum Gasteiger partial charge on any atom is 0.269 e. The molecule has 1 aliphatic rings. The van der Waals surface area contributed by atoms with E-state index in [-0.39, 0.29) is 17.0 Å². The molecule has 0 bridgehead atoms. The van der Waals surface area contributed by atoms with Crippen LogP contribution in [0.25, 0.3) is 0 Å². The van der Waals surface area contributed by atoms with E-state index in [0.717, 1.165) is 4.31 Å². The second kappa shape index (κ2) is 4.19. The number of fused-ring (bicyclic) bond motifs is 1. The zero-order valence-electron chi connectivity index (χ0n) is 8.96. The molecule has 0 saturated heterocycles. The van der Waals surface area contributed by atoms with E-state index in [4.69, 9.17) is 0 Å². The van der Waals surface area contributed by atoms with Gasteiger partial charge < -0.3 is 0 Å². The molecule has 1 aliphatic heterocycles. The molecule has 0 spiro atoms. The molecular formula is C11H11NO3S2. The third-order valence-corrected chi connectivity index (χ3v) is 4.74. The van der Waals surface area contributed by atoms with E-state index in [2.05, 4.69) is 19.2 Å². The Labute approximate surface area is 105 Å². The Morgan fingerprint density at radius 1 is 1.35 bits per heavy atom. The van der Waals surface area contributed by atoms with E-state index in [1.165, 1.54) is 12.1 Å². The van der Waals surface area contributed by atoms with Crippen molar-refractivity contribution in [3.8, 4) is 0 Å². The SMILES string of the molecule is C=C(CS)CN1C(=O)c2ccccc2S1(=O)=O. The van der Waals surface area contributed by atoms with Crippen molar-refractivity contribution >= 4 is 28.6 Å². The summed E-state index contributed by atoms with van der Waals surface area (Å²) in [6.07, 6.45) is 0. The Morgan fingerprint density at radius 3 is 2.59 bits per heavy atom. The van der Waals surface area contributed by atoms with Crippen LogP contribution >= 0.6 is 12.6 Å². The van der Waals surface area contributed by atoms with Gasteiger partial charge in [0.25, 0.3) is 15.9 Å². The first-order valence-corrected chi connectivity index (χ1v) is 6.99. The summed E-state index contributed by atoms with van der Waals surface area (Å²) >= 11 is 4.00. The first-order chi connectivity index (χ1) is 7.98. The van der Waals surface area contributed by atoms with Crippen molar-refractivity contribution in [2.45, 2.75) is 4.90 Å². The fraction of sp³-hybridized carbons (Fsp3) is 0.182. The van der Waals surface area contributed by atoms with Crippen molar-refractivity contribution in [1.29, 1.82) is 0 Å². The molecule has 0 aromatic heterocycles. The molecule has 1 heterocycles. The Hall–Kier alpha value is -1.27. The highest BCUT2D eigenvalue weighted by Crippen LogP contribution is 2.30. The molecular weight excluding hydrogens is 258 g/mol. The highest BCUT2D eigenvalue weighted by molar-refractivity contribution is 7.90. The molecule has 4 nitrogen and oxygen atoms in total. The number of amides is 1. The molecule has 17 heavy (non-hydrogen) atoms. The second-order valence-corrected chi connectivity index (χ2v) is 5.87. The predicted molar refractivity (Wildman–Crippen MR) is 67.7 cm³/mol. The number of sulfonamides is 1. The van der Waals surface area contributed by atoms with Crippen molar-refractivity contribution < 1.29 is 13.2 Å². The highest BCUT2D eigenvalue weighted by atomic mass is 32.2. The smallest absolute Gasteiger partial charge is 0.268 e. The lowest BCUT2D eigenvalue weighted by Gasteiger charge is -2.15. The van der Waals surface area contributed by atoms with Crippen LogP contribution in [0.4, 0.5) is 0 Å². The number of carbonyl (C=O) groups excluding carboxylic acids is 1. The summed E-state index contributed by atoms with van der Waals surface area (Å²) in [5, 5.41) is 0. The number of hydrogen-bond acceptors (Lipinski definition) is 4. The predicted octanol–water partition coefficient (Wildman–Crippen LogP) is 1.32. The molecule has 0 atom stereocenters. The Balaban J connectivity index is 2.48. The summed E-state index contributed by atoms with van der Waals surface area (Å²) in [6.45, 7) is 3.65. The number of hydrogen-bond donors (Lipinski definition) is 1. The minimum atomic E-state index is -3.71. The van der Waals surface area contributed by atoms with E-state index in [1.807, 2.05) is 0 Å². The molecule has 90 valence electrons. The first-order valence-electron chi connectivity index (χ1n) is 4.92. The summed E-state index contributed by atoms with van der Waals surface area (Å²) in [7, 11) is -3.71. The van der Waals surface area contributed by atoms with Gasteiger partial charge in [-0.05, 0) is 17.7 Å². The average Bonchev–Trinajstić information content (AvgIpc) is 2.51. The van der Waals surface area contributed by atoms with Gasteiger partial charge in [-0.25, -0.2) is 12.7 Å². The van der Waals surface area contributed by atoms with Crippen molar-refractivity contribution in [2.75, 3.05) is 12.3 Å². The number of benzene rings is 1. The zero-order chi connectivity index (χ0) is 12.6. The monoisotopic (exact) mass is 269 g/mol. The van der Waals surface area contributed by atoms with Gasteiger partial charge >= 0.3 is 0 Å². The van der Waals surface area contributed by atoms with Gasteiger partial charge in [-0.2, -0.15) is 12.6 Å². The lowest BCUT2D eigenvalue weighted by Crippen LogP contribution is -2.32. The van der Waals surface area contributed by atoms with Crippen LogP contribution in [0.5, 0.6) is 0 Å². The van der Waals surface area contributed by atoms with E-state index < -0.39 is 15.9 Å². The lowest BCUT2D eigenvalue weighted by molar-refractivity contribution is 0.0878. The van der Waals surface area contributed by atoms with Gasteiger partial charge in [0, 0.05) is 5.75 Å². The third-order valence-electron chi connectivity index (χ3n) is 2.50. The van der Waals surface area contributed by atoms with Crippen molar-refractivity contribution in [1.82, 2.24) is 4.31 Å². The lowest BCUT2D eigenvalue weighted by atomic mass is 10.2. The second-order valence-electron chi connectivity index (χ2n) is 3.72. The fourth-order valence-corrected chi connectivity index (χ4v) is 3.33. The Kier molecular flexibility index (Phi) is 3.01. The van der Waals surface area contributed by atoms with Crippen LogP contribution in [0.3, 0.4) is 0 Å². The third kappa shape index (κ3) is 1.87. The summed E-state index contributed by atoms with van der Waals surface area (Å²) in [6, 6.07) is 6.19. The largest absolute Gasteiger partial charge is 0.269 e. The number of rotatable bonds is 3. The first kappa shape index (κ1) is 12.2. The van der Waals surface area contributed by atoms with Gasteiger partial charge in [0.05, 0.1) is 12.1 Å². The van der Waals surface area contributed by atoms with Crippen molar-refractivity contribution in [3.05, 3.63) is 42.0 Å². The summed E-state index contributed by atoms with van der Waals surface area (Å²) in [5.74, 6) is -0.154. The minimum Gasteiger partial charge on any atom is -0.268 e. The highest BCUT2D eigenvalue weighted by Gasteiger charge is 2.40. The molecule has 1 aromatic rings. The van der Waals surface area contributed by atoms with Gasteiger partial charge in [0.15, 0.2) is 0 Å². The standard InChI is InChI=1S/C11H11NO3S2/c1-8(7-16)6-12-11(13)9-4-2-3-5-10(9)17(12,14)15/h2-5,16H,1,6-7H2. The fourth-order valence-electron chi connectivity index (χ4n) is 1.64. The number of nitrogens with zero attached hydrogens (tertiary/aromatic N) is 1. The molecule has 1 amide bonds. The van der Waals surface area contributed by atoms with E-state index in [9.17, 15) is 13.2 Å². The number of thiol groups is 1. The van der Waals surface area contributed by atoms with Crippen LogP contribution in [-0.4, -0.2) is 30.9 Å². The summed E-state index contributed by atoms with van der Waals surface area (Å²) in [5.41, 5.74) is 0.803. The maximum atomic E-state index is 12.1. The molecule has 0 saturated carbocycles. The van der Waals surface area contributed by atoms with E-state index in [1.54, 1.807) is 12.1 Å². The van der Waals surface area contributed by atoms with Crippen LogP contribution in [0, 0.1) is 0 Å². The van der Waals surface area contributed by atoms with Gasteiger partial charge in [0.2, 0.25) is 0 Å². The van der Waals surface area contributed by atoms with Gasteiger partial charge in [-0.3, -0.25) is 4.79 Å². The van der Waals surface area contributed by atoms with Crippen LogP contribution in [-0.2, 0) is 10.0 Å². The van der Waals surface area contributed by atoms with Gasteiger partial charge in [0.1, 0.15) is 4.90 Å². The molecule has 0 aliphatic carbocycles. The molecule has 6 heteroatoms. The zero-order valence-corrected chi connectivity index (χ0v) is 10.7. The van der Waals surface area contributed by atoms with Crippen LogP contribution in [0.2, 0.25) is 0 Å². The molecule has 1 aromatic carbocycles.